The van der Waals surface area contributed by atoms with Crippen molar-refractivity contribution in [1.82, 2.24) is 10.2 Å². The lowest BCUT2D eigenvalue weighted by Crippen LogP contribution is -2.44. The molecule has 1 saturated heterocycles. The Bertz CT molecular complexity index is 536. The number of carbonyl (C=O) groups is 1. The minimum absolute atomic E-state index is 0.221. The molecular formula is C18H26N2OS. The van der Waals surface area contributed by atoms with Crippen molar-refractivity contribution in [2.75, 3.05) is 25.4 Å². The maximum Gasteiger partial charge on any atom is 0.255 e. The molecule has 2 fully saturated rings. The third-order valence-electron chi connectivity index (χ3n) is 4.81. The van der Waals surface area contributed by atoms with Crippen LogP contribution in [0.5, 0.6) is 0 Å². The Hall–Kier alpha value is -1.00. The fourth-order valence-electron chi connectivity index (χ4n) is 3.13. The number of nitrogens with one attached hydrogen (secondary N) is 1. The SMILES string of the molecule is CCSc1ccccc1C(=O)N(CC1(C)CC1)C1CCNC1. The van der Waals surface area contributed by atoms with Crippen LogP contribution in [-0.4, -0.2) is 42.2 Å². The van der Waals surface area contributed by atoms with Gasteiger partial charge >= 0.3 is 0 Å². The molecule has 1 heterocycles. The smallest absolute Gasteiger partial charge is 0.255 e. The van der Waals surface area contributed by atoms with E-state index >= 15 is 0 Å². The van der Waals surface area contributed by atoms with E-state index in [2.05, 4.69) is 30.1 Å². The van der Waals surface area contributed by atoms with Crippen molar-refractivity contribution in [3.8, 4) is 0 Å². The van der Waals surface area contributed by atoms with E-state index in [4.69, 9.17) is 0 Å². The maximum absolute atomic E-state index is 13.2. The van der Waals surface area contributed by atoms with Crippen LogP contribution in [0.2, 0.25) is 0 Å². The number of benzene rings is 1. The van der Waals surface area contributed by atoms with Gasteiger partial charge < -0.3 is 10.2 Å². The van der Waals surface area contributed by atoms with E-state index in [1.807, 2.05) is 18.2 Å². The summed E-state index contributed by atoms with van der Waals surface area (Å²) in [4.78, 5) is 16.5. The average molecular weight is 318 g/mol. The highest BCUT2D eigenvalue weighted by atomic mass is 32.2. The lowest BCUT2D eigenvalue weighted by molar-refractivity contribution is 0.0647. The molecule has 0 bridgehead atoms. The third-order valence-corrected chi connectivity index (χ3v) is 5.76. The number of nitrogens with zero attached hydrogens (tertiary/aromatic N) is 1. The Balaban J connectivity index is 1.84. The quantitative estimate of drug-likeness (QED) is 0.816. The molecular weight excluding hydrogens is 292 g/mol. The van der Waals surface area contributed by atoms with Crippen LogP contribution >= 0.6 is 11.8 Å². The molecule has 1 unspecified atom stereocenters. The van der Waals surface area contributed by atoms with Gasteiger partial charge in [0.2, 0.25) is 0 Å². The molecule has 1 aromatic carbocycles. The lowest BCUT2D eigenvalue weighted by Gasteiger charge is -2.32. The summed E-state index contributed by atoms with van der Waals surface area (Å²) in [6.07, 6.45) is 3.58. The summed E-state index contributed by atoms with van der Waals surface area (Å²) in [7, 11) is 0. The summed E-state index contributed by atoms with van der Waals surface area (Å²) in [5, 5.41) is 3.41. The summed E-state index contributed by atoms with van der Waals surface area (Å²) in [5.74, 6) is 1.21. The summed E-state index contributed by atoms with van der Waals surface area (Å²) < 4.78 is 0. The molecule has 1 N–H and O–H groups in total. The molecule has 1 aliphatic carbocycles. The van der Waals surface area contributed by atoms with Gasteiger partial charge in [0.05, 0.1) is 5.56 Å². The second-order valence-corrected chi connectivity index (χ2v) is 8.13. The fraction of sp³-hybridized carbons (Fsp3) is 0.611. The topological polar surface area (TPSA) is 32.3 Å². The van der Waals surface area contributed by atoms with Crippen molar-refractivity contribution in [2.24, 2.45) is 5.41 Å². The van der Waals surface area contributed by atoms with Crippen molar-refractivity contribution in [2.45, 2.75) is 44.0 Å². The summed E-state index contributed by atoms with van der Waals surface area (Å²) in [5.41, 5.74) is 1.23. The monoisotopic (exact) mass is 318 g/mol. The van der Waals surface area contributed by atoms with Crippen LogP contribution in [0.15, 0.2) is 29.2 Å². The molecule has 120 valence electrons. The highest BCUT2D eigenvalue weighted by molar-refractivity contribution is 7.99. The first kappa shape index (κ1) is 15.9. The van der Waals surface area contributed by atoms with Crippen molar-refractivity contribution in [3.05, 3.63) is 29.8 Å². The summed E-state index contributed by atoms with van der Waals surface area (Å²) >= 11 is 1.76. The number of thioether (sulfide) groups is 1. The van der Waals surface area contributed by atoms with Crippen molar-refractivity contribution >= 4 is 17.7 Å². The maximum atomic E-state index is 13.2. The normalized spacial score (nSPS) is 22.5. The standard InChI is InChI=1S/C18H26N2OS/c1-3-22-16-7-5-4-6-15(16)17(21)20(13-18(2)9-10-18)14-8-11-19-12-14/h4-7,14,19H,3,8-13H2,1-2H3. The number of carbonyl (C=O) groups excluding carboxylic acids is 1. The zero-order valence-electron chi connectivity index (χ0n) is 13.6. The van der Waals surface area contributed by atoms with E-state index < -0.39 is 0 Å². The molecule has 1 atom stereocenters. The lowest BCUT2D eigenvalue weighted by atomic mass is 10.1. The zero-order chi connectivity index (χ0) is 15.6. The van der Waals surface area contributed by atoms with E-state index in [0.29, 0.717) is 11.5 Å². The molecule has 1 aromatic rings. The molecule has 22 heavy (non-hydrogen) atoms. The van der Waals surface area contributed by atoms with Gasteiger partial charge in [-0.05, 0) is 49.1 Å². The Morgan fingerprint density at radius 1 is 1.41 bits per heavy atom. The molecule has 1 saturated carbocycles. The minimum Gasteiger partial charge on any atom is -0.334 e. The van der Waals surface area contributed by atoms with Gasteiger partial charge in [-0.1, -0.05) is 26.0 Å². The Labute approximate surface area is 137 Å². The van der Waals surface area contributed by atoms with Crippen LogP contribution in [0, 0.1) is 5.41 Å². The molecule has 1 amide bonds. The molecule has 3 nitrogen and oxygen atoms in total. The molecule has 0 aromatic heterocycles. The van der Waals surface area contributed by atoms with Crippen LogP contribution in [0.25, 0.3) is 0 Å². The van der Waals surface area contributed by atoms with Gasteiger partial charge in [0.25, 0.3) is 5.91 Å². The third kappa shape index (κ3) is 3.49. The van der Waals surface area contributed by atoms with Crippen LogP contribution in [0.3, 0.4) is 0 Å². The van der Waals surface area contributed by atoms with Gasteiger partial charge in [-0.15, -0.1) is 11.8 Å². The molecule has 3 rings (SSSR count). The van der Waals surface area contributed by atoms with Gasteiger partial charge in [0.1, 0.15) is 0 Å². The van der Waals surface area contributed by atoms with E-state index in [1.54, 1.807) is 11.8 Å². The van der Waals surface area contributed by atoms with E-state index in [-0.39, 0.29) is 5.91 Å². The molecule has 0 spiro atoms. The average Bonchev–Trinajstić information content (AvgIpc) is 3.03. The predicted molar refractivity (Wildman–Crippen MR) is 92.5 cm³/mol. The second-order valence-electron chi connectivity index (χ2n) is 6.82. The van der Waals surface area contributed by atoms with Crippen LogP contribution in [0.1, 0.15) is 43.5 Å². The number of hydrogen-bond acceptors (Lipinski definition) is 3. The van der Waals surface area contributed by atoms with Gasteiger partial charge in [0, 0.05) is 24.0 Å². The summed E-state index contributed by atoms with van der Waals surface area (Å²) in [6, 6.07) is 8.43. The van der Waals surface area contributed by atoms with Crippen molar-refractivity contribution in [3.63, 3.8) is 0 Å². The van der Waals surface area contributed by atoms with Gasteiger partial charge in [0.15, 0.2) is 0 Å². The Morgan fingerprint density at radius 3 is 2.82 bits per heavy atom. The Kier molecular flexibility index (Phi) is 4.79. The molecule has 0 radical (unpaired) electrons. The van der Waals surface area contributed by atoms with Gasteiger partial charge in [-0.25, -0.2) is 0 Å². The Morgan fingerprint density at radius 2 is 2.18 bits per heavy atom. The summed E-state index contributed by atoms with van der Waals surface area (Å²) in [6.45, 7) is 7.31. The zero-order valence-corrected chi connectivity index (χ0v) is 14.4. The molecule has 4 heteroatoms. The first-order valence-corrected chi connectivity index (χ1v) is 9.35. The minimum atomic E-state index is 0.221. The van der Waals surface area contributed by atoms with Crippen LogP contribution < -0.4 is 5.32 Å². The largest absolute Gasteiger partial charge is 0.334 e. The fourth-order valence-corrected chi connectivity index (χ4v) is 3.93. The highest BCUT2D eigenvalue weighted by Crippen LogP contribution is 2.46. The molecule has 1 aliphatic heterocycles. The van der Waals surface area contributed by atoms with Crippen molar-refractivity contribution < 1.29 is 4.79 Å². The number of hydrogen-bond donors (Lipinski definition) is 1. The second kappa shape index (κ2) is 6.63. The van der Waals surface area contributed by atoms with Crippen LogP contribution in [-0.2, 0) is 0 Å². The highest BCUT2D eigenvalue weighted by Gasteiger charge is 2.42. The number of amides is 1. The van der Waals surface area contributed by atoms with Crippen LogP contribution in [0.4, 0.5) is 0 Å². The predicted octanol–water partition coefficient (Wildman–Crippen LogP) is 3.40. The first-order chi connectivity index (χ1) is 10.6. The van der Waals surface area contributed by atoms with Gasteiger partial charge in [-0.2, -0.15) is 0 Å². The van der Waals surface area contributed by atoms with E-state index in [1.165, 1.54) is 12.8 Å². The van der Waals surface area contributed by atoms with E-state index in [9.17, 15) is 4.79 Å². The molecule has 2 aliphatic rings. The first-order valence-electron chi connectivity index (χ1n) is 8.36. The van der Waals surface area contributed by atoms with Crippen molar-refractivity contribution in [1.29, 1.82) is 0 Å². The van der Waals surface area contributed by atoms with Gasteiger partial charge in [-0.3, -0.25) is 4.79 Å². The number of rotatable bonds is 6. The van der Waals surface area contributed by atoms with E-state index in [0.717, 1.165) is 42.3 Å².